The maximum atomic E-state index is 12.3. The molecule has 0 heterocycles. The van der Waals surface area contributed by atoms with E-state index in [1.807, 2.05) is 44.2 Å². The molecule has 3 heteroatoms. The van der Waals surface area contributed by atoms with Crippen molar-refractivity contribution >= 4 is 0 Å². The van der Waals surface area contributed by atoms with Crippen LogP contribution in [0.5, 0.6) is 0 Å². The molecule has 0 aliphatic carbocycles. The number of hydrogen-bond acceptors (Lipinski definition) is 2. The van der Waals surface area contributed by atoms with E-state index in [4.69, 9.17) is 9.47 Å². The molecule has 1 atom stereocenters. The van der Waals surface area contributed by atoms with Crippen LogP contribution < -0.4 is 0 Å². The van der Waals surface area contributed by atoms with E-state index in [9.17, 15) is 5.11 Å². The molecule has 1 unspecified atom stereocenters. The summed E-state index contributed by atoms with van der Waals surface area (Å²) in [5.74, 6) is 0. The molecule has 0 amide bonds. The molecule has 0 aromatic heterocycles. The number of benzene rings is 2. The van der Waals surface area contributed by atoms with E-state index in [0.717, 1.165) is 22.3 Å². The standard InChI is InChI=1S/C19H23O3/c1-4-21-12-13-22-19(20)17-11-10-14(2)18(15(17)3)16-8-6-5-7-9-16/h5-11,19H,4,12-13H2,1-3H3. The molecular formula is C19H23O3. The predicted octanol–water partition coefficient (Wildman–Crippen LogP) is 4.45. The zero-order chi connectivity index (χ0) is 15.9. The van der Waals surface area contributed by atoms with E-state index < -0.39 is 6.29 Å². The molecule has 3 nitrogen and oxygen atoms in total. The molecule has 0 N–H and O–H groups in total. The van der Waals surface area contributed by atoms with Crippen molar-refractivity contribution in [3.05, 3.63) is 59.2 Å². The maximum Gasteiger partial charge on any atom is 0.217 e. The fourth-order valence-electron chi connectivity index (χ4n) is 2.62. The molecule has 0 aliphatic heterocycles. The van der Waals surface area contributed by atoms with E-state index in [1.165, 1.54) is 0 Å². The van der Waals surface area contributed by atoms with Gasteiger partial charge in [0.15, 0.2) is 0 Å². The Morgan fingerprint density at radius 2 is 1.73 bits per heavy atom. The van der Waals surface area contributed by atoms with Crippen LogP contribution in [0.3, 0.4) is 0 Å². The highest BCUT2D eigenvalue weighted by atomic mass is 16.6. The summed E-state index contributed by atoms with van der Waals surface area (Å²) in [5.41, 5.74) is 5.09. The van der Waals surface area contributed by atoms with Crippen LogP contribution in [0.4, 0.5) is 0 Å². The molecule has 1 radical (unpaired) electrons. The van der Waals surface area contributed by atoms with Crippen LogP contribution in [0, 0.1) is 13.8 Å². The van der Waals surface area contributed by atoms with Gasteiger partial charge in [-0.3, -0.25) is 0 Å². The summed E-state index contributed by atoms with van der Waals surface area (Å²) >= 11 is 0. The predicted molar refractivity (Wildman–Crippen MR) is 87.2 cm³/mol. The molecule has 2 aromatic rings. The van der Waals surface area contributed by atoms with E-state index in [1.54, 1.807) is 0 Å². The number of ether oxygens (including phenoxy) is 2. The van der Waals surface area contributed by atoms with Crippen molar-refractivity contribution in [2.75, 3.05) is 19.8 Å². The Hall–Kier alpha value is -1.68. The fourth-order valence-corrected chi connectivity index (χ4v) is 2.62. The van der Waals surface area contributed by atoms with Gasteiger partial charge in [-0.15, -0.1) is 0 Å². The van der Waals surface area contributed by atoms with Gasteiger partial charge < -0.3 is 9.47 Å². The molecule has 2 aromatic carbocycles. The fraction of sp³-hybridized carbons (Fsp3) is 0.368. The average molecular weight is 299 g/mol. The zero-order valence-electron chi connectivity index (χ0n) is 13.5. The topological polar surface area (TPSA) is 38.4 Å². The lowest BCUT2D eigenvalue weighted by Crippen LogP contribution is -2.10. The summed E-state index contributed by atoms with van der Waals surface area (Å²) in [6.07, 6.45) is -1.18. The SMILES string of the molecule is CCOCCOC([O])c1ccc(C)c(-c2ccccc2)c1C. The molecular weight excluding hydrogens is 276 g/mol. The van der Waals surface area contributed by atoms with Crippen LogP contribution in [0.2, 0.25) is 0 Å². The van der Waals surface area contributed by atoms with E-state index in [0.29, 0.717) is 25.4 Å². The first kappa shape index (κ1) is 16.7. The maximum absolute atomic E-state index is 12.3. The van der Waals surface area contributed by atoms with Crippen molar-refractivity contribution in [3.63, 3.8) is 0 Å². The first-order valence-corrected chi connectivity index (χ1v) is 7.65. The summed E-state index contributed by atoms with van der Waals surface area (Å²) in [4.78, 5) is 0. The van der Waals surface area contributed by atoms with Gasteiger partial charge in [0.1, 0.15) is 0 Å². The van der Waals surface area contributed by atoms with Crippen molar-refractivity contribution in [3.8, 4) is 11.1 Å². The van der Waals surface area contributed by atoms with Gasteiger partial charge >= 0.3 is 0 Å². The van der Waals surface area contributed by atoms with Gasteiger partial charge in [0.25, 0.3) is 0 Å². The van der Waals surface area contributed by atoms with E-state index >= 15 is 0 Å². The van der Waals surface area contributed by atoms with Crippen LogP contribution in [0.1, 0.15) is 29.9 Å². The van der Waals surface area contributed by atoms with Crippen LogP contribution in [-0.4, -0.2) is 19.8 Å². The van der Waals surface area contributed by atoms with Crippen molar-refractivity contribution in [2.45, 2.75) is 27.1 Å². The first-order valence-electron chi connectivity index (χ1n) is 7.65. The third-order valence-corrected chi connectivity index (χ3v) is 3.73. The Kier molecular flexibility index (Phi) is 6.13. The van der Waals surface area contributed by atoms with Crippen LogP contribution in [0.25, 0.3) is 11.1 Å². The van der Waals surface area contributed by atoms with E-state index in [-0.39, 0.29) is 0 Å². The lowest BCUT2D eigenvalue weighted by Gasteiger charge is -2.18. The molecule has 0 saturated carbocycles. The zero-order valence-corrected chi connectivity index (χ0v) is 13.5. The lowest BCUT2D eigenvalue weighted by atomic mass is 9.92. The molecule has 0 saturated heterocycles. The molecule has 22 heavy (non-hydrogen) atoms. The third-order valence-electron chi connectivity index (χ3n) is 3.73. The van der Waals surface area contributed by atoms with Crippen molar-refractivity contribution in [2.24, 2.45) is 0 Å². The Morgan fingerprint density at radius 3 is 2.41 bits per heavy atom. The molecule has 0 bridgehead atoms. The highest BCUT2D eigenvalue weighted by Crippen LogP contribution is 2.32. The van der Waals surface area contributed by atoms with Crippen LogP contribution in [0.15, 0.2) is 42.5 Å². The minimum Gasteiger partial charge on any atom is -0.379 e. The van der Waals surface area contributed by atoms with Crippen molar-refractivity contribution in [1.82, 2.24) is 0 Å². The highest BCUT2D eigenvalue weighted by molar-refractivity contribution is 5.72. The quantitative estimate of drug-likeness (QED) is 0.559. The van der Waals surface area contributed by atoms with Crippen LogP contribution >= 0.6 is 0 Å². The largest absolute Gasteiger partial charge is 0.379 e. The van der Waals surface area contributed by atoms with Gasteiger partial charge in [0.2, 0.25) is 6.29 Å². The Bertz CT molecular complexity index is 593. The summed E-state index contributed by atoms with van der Waals surface area (Å²) in [5, 5.41) is 12.3. The summed E-state index contributed by atoms with van der Waals surface area (Å²) in [6, 6.07) is 14.0. The lowest BCUT2D eigenvalue weighted by molar-refractivity contribution is -0.153. The van der Waals surface area contributed by atoms with Gasteiger partial charge in [-0.1, -0.05) is 42.5 Å². The van der Waals surface area contributed by atoms with Gasteiger partial charge in [-0.25, -0.2) is 0 Å². The van der Waals surface area contributed by atoms with Crippen LogP contribution in [-0.2, 0) is 14.6 Å². The second kappa shape index (κ2) is 8.08. The number of aryl methyl sites for hydroxylation is 1. The molecule has 2 rings (SSSR count). The molecule has 0 spiro atoms. The van der Waals surface area contributed by atoms with Crippen molar-refractivity contribution in [1.29, 1.82) is 0 Å². The second-order valence-electron chi connectivity index (χ2n) is 5.24. The second-order valence-corrected chi connectivity index (χ2v) is 5.24. The van der Waals surface area contributed by atoms with Gasteiger partial charge in [-0.2, -0.15) is 5.11 Å². The van der Waals surface area contributed by atoms with Gasteiger partial charge in [0.05, 0.1) is 13.2 Å². The van der Waals surface area contributed by atoms with Gasteiger partial charge in [0, 0.05) is 12.2 Å². The first-order chi connectivity index (χ1) is 10.6. The Morgan fingerprint density at radius 1 is 1.00 bits per heavy atom. The third kappa shape index (κ3) is 3.95. The summed E-state index contributed by atoms with van der Waals surface area (Å²) in [7, 11) is 0. The summed E-state index contributed by atoms with van der Waals surface area (Å²) < 4.78 is 10.6. The number of hydrogen-bond donors (Lipinski definition) is 0. The van der Waals surface area contributed by atoms with E-state index in [2.05, 4.69) is 19.1 Å². The minimum absolute atomic E-state index is 0.315. The van der Waals surface area contributed by atoms with Gasteiger partial charge in [-0.05, 0) is 43.0 Å². The minimum atomic E-state index is -1.18. The Balaban J connectivity index is 2.23. The average Bonchev–Trinajstić information content (AvgIpc) is 2.52. The monoisotopic (exact) mass is 299 g/mol. The highest BCUT2D eigenvalue weighted by Gasteiger charge is 2.17. The molecule has 0 fully saturated rings. The smallest absolute Gasteiger partial charge is 0.217 e. The Labute approximate surface area is 132 Å². The summed E-state index contributed by atoms with van der Waals surface area (Å²) in [6.45, 7) is 7.37. The molecule has 0 aliphatic rings. The number of rotatable bonds is 7. The molecule has 117 valence electrons. The van der Waals surface area contributed by atoms with Crippen molar-refractivity contribution < 1.29 is 14.6 Å². The normalized spacial score (nSPS) is 12.4.